The normalized spacial score (nSPS) is 26.6. The lowest BCUT2D eigenvalue weighted by atomic mass is 10.1. The molecule has 0 bridgehead atoms. The molecule has 9 heteroatoms. The van der Waals surface area contributed by atoms with Gasteiger partial charge in [-0.2, -0.15) is 4.98 Å². The maximum absolute atomic E-state index is 12.1. The van der Waals surface area contributed by atoms with E-state index < -0.39 is 36.8 Å². The van der Waals surface area contributed by atoms with Crippen LogP contribution in [0.25, 0.3) is 11.1 Å². The van der Waals surface area contributed by atoms with Gasteiger partial charge in [0.05, 0.1) is 6.61 Å². The van der Waals surface area contributed by atoms with Gasteiger partial charge in [-0.3, -0.25) is 4.57 Å². The Morgan fingerprint density at radius 2 is 1.83 bits per heavy atom. The van der Waals surface area contributed by atoms with E-state index in [9.17, 15) is 15.0 Å². The van der Waals surface area contributed by atoms with Gasteiger partial charge in [-0.1, -0.05) is 12.1 Å². The van der Waals surface area contributed by atoms with Gasteiger partial charge in [-0.25, -0.2) is 4.79 Å². The van der Waals surface area contributed by atoms with Crippen LogP contribution < -0.4 is 17.2 Å². The number of benzene rings is 1. The number of ether oxygens (including phenoxy) is 1. The molecule has 0 spiro atoms. The summed E-state index contributed by atoms with van der Waals surface area (Å²) in [7, 11) is 0. The molecule has 1 fully saturated rings. The van der Waals surface area contributed by atoms with E-state index in [1.54, 1.807) is 24.3 Å². The van der Waals surface area contributed by atoms with E-state index in [-0.39, 0.29) is 5.82 Å². The minimum Gasteiger partial charge on any atom is -0.399 e. The molecule has 2 heterocycles. The smallest absolute Gasteiger partial charge is 0.351 e. The van der Waals surface area contributed by atoms with Crippen LogP contribution in [0.3, 0.4) is 0 Å². The number of aliphatic hydroxyl groups is 3. The molecule has 1 aliphatic rings. The van der Waals surface area contributed by atoms with Gasteiger partial charge in [0.2, 0.25) is 0 Å². The Morgan fingerprint density at radius 3 is 2.42 bits per heavy atom. The molecule has 2 aromatic rings. The van der Waals surface area contributed by atoms with Crippen LogP contribution in [0.2, 0.25) is 0 Å². The molecule has 1 saturated heterocycles. The molecule has 1 aliphatic heterocycles. The highest BCUT2D eigenvalue weighted by atomic mass is 16.6. The fourth-order valence-corrected chi connectivity index (χ4v) is 2.66. The second kappa shape index (κ2) is 6.21. The van der Waals surface area contributed by atoms with Crippen LogP contribution >= 0.6 is 0 Å². The minimum absolute atomic E-state index is 0.0211. The van der Waals surface area contributed by atoms with E-state index in [1.165, 1.54) is 6.20 Å². The minimum atomic E-state index is -1.38. The number of aliphatic hydroxyl groups excluding tert-OH is 3. The van der Waals surface area contributed by atoms with Crippen molar-refractivity contribution in [2.45, 2.75) is 24.5 Å². The molecule has 7 N–H and O–H groups in total. The number of hydrogen-bond acceptors (Lipinski definition) is 8. The van der Waals surface area contributed by atoms with E-state index in [4.69, 9.17) is 21.3 Å². The van der Waals surface area contributed by atoms with Crippen LogP contribution in [-0.2, 0) is 4.74 Å². The summed E-state index contributed by atoms with van der Waals surface area (Å²) in [4.78, 5) is 15.9. The Hall–Kier alpha value is -2.46. The van der Waals surface area contributed by atoms with E-state index in [2.05, 4.69) is 4.98 Å². The first-order valence-corrected chi connectivity index (χ1v) is 7.29. The molecule has 128 valence electrons. The lowest BCUT2D eigenvalue weighted by Crippen LogP contribution is -2.36. The van der Waals surface area contributed by atoms with Crippen molar-refractivity contribution in [3.8, 4) is 11.1 Å². The highest BCUT2D eigenvalue weighted by Crippen LogP contribution is 2.30. The van der Waals surface area contributed by atoms with Gasteiger partial charge >= 0.3 is 5.69 Å². The second-order valence-corrected chi connectivity index (χ2v) is 5.58. The molecule has 0 amide bonds. The zero-order valence-corrected chi connectivity index (χ0v) is 12.6. The Balaban J connectivity index is 2.05. The number of nitrogens with two attached hydrogens (primary N) is 2. The third-order valence-corrected chi connectivity index (χ3v) is 3.99. The molecule has 9 nitrogen and oxygen atoms in total. The number of rotatable bonds is 3. The zero-order chi connectivity index (χ0) is 17.4. The highest BCUT2D eigenvalue weighted by Gasteiger charge is 2.43. The van der Waals surface area contributed by atoms with Crippen LogP contribution in [0.4, 0.5) is 11.5 Å². The summed E-state index contributed by atoms with van der Waals surface area (Å²) in [6.45, 7) is -0.489. The van der Waals surface area contributed by atoms with Crippen LogP contribution in [0, 0.1) is 0 Å². The molecular formula is C15H18N4O5. The van der Waals surface area contributed by atoms with Crippen molar-refractivity contribution < 1.29 is 20.1 Å². The summed E-state index contributed by atoms with van der Waals surface area (Å²) in [6.07, 6.45) is -3.47. The Bertz CT molecular complexity index is 791. The Kier molecular flexibility index (Phi) is 4.24. The van der Waals surface area contributed by atoms with E-state index in [0.717, 1.165) is 4.57 Å². The SMILES string of the molecule is Nc1ccc(-c2cn([C@@H]3O[C@H](CO)[C@@H](O)[C@H]3O)c(=O)nc2N)cc1. The van der Waals surface area contributed by atoms with Crippen molar-refractivity contribution >= 4 is 11.5 Å². The molecule has 4 atom stereocenters. The average Bonchev–Trinajstić information content (AvgIpc) is 2.84. The predicted octanol–water partition coefficient (Wildman–Crippen LogP) is -1.31. The number of nitrogens with zero attached hydrogens (tertiary/aromatic N) is 2. The largest absolute Gasteiger partial charge is 0.399 e. The molecule has 24 heavy (non-hydrogen) atoms. The van der Waals surface area contributed by atoms with E-state index in [0.29, 0.717) is 16.8 Å². The van der Waals surface area contributed by atoms with Gasteiger partial charge in [0.25, 0.3) is 0 Å². The van der Waals surface area contributed by atoms with E-state index >= 15 is 0 Å². The third-order valence-electron chi connectivity index (χ3n) is 3.99. The van der Waals surface area contributed by atoms with E-state index in [1.807, 2.05) is 0 Å². The zero-order valence-electron chi connectivity index (χ0n) is 12.6. The fraction of sp³-hybridized carbons (Fsp3) is 0.333. The van der Waals surface area contributed by atoms with Gasteiger partial charge in [-0.15, -0.1) is 0 Å². The van der Waals surface area contributed by atoms with Crippen LogP contribution in [-0.4, -0.2) is 49.8 Å². The lowest BCUT2D eigenvalue weighted by molar-refractivity contribution is -0.0548. The van der Waals surface area contributed by atoms with Crippen LogP contribution in [0.5, 0.6) is 0 Å². The first-order chi connectivity index (χ1) is 11.4. The summed E-state index contributed by atoms with van der Waals surface area (Å²) in [6, 6.07) is 6.79. The second-order valence-electron chi connectivity index (χ2n) is 5.58. The van der Waals surface area contributed by atoms with Crippen molar-refractivity contribution in [2.75, 3.05) is 18.1 Å². The quantitative estimate of drug-likeness (QED) is 0.433. The molecule has 1 aromatic heterocycles. The van der Waals surface area contributed by atoms with Crippen LogP contribution in [0.15, 0.2) is 35.3 Å². The first-order valence-electron chi connectivity index (χ1n) is 7.29. The summed E-state index contributed by atoms with van der Waals surface area (Å²) in [5.74, 6) is 0.0211. The highest BCUT2D eigenvalue weighted by molar-refractivity contribution is 5.73. The van der Waals surface area contributed by atoms with Crippen molar-refractivity contribution in [1.29, 1.82) is 0 Å². The first kappa shape index (κ1) is 16.4. The van der Waals surface area contributed by atoms with Crippen molar-refractivity contribution in [2.24, 2.45) is 0 Å². The summed E-state index contributed by atoms with van der Waals surface area (Å²) < 4.78 is 6.41. The number of nitrogen functional groups attached to an aromatic ring is 2. The summed E-state index contributed by atoms with van der Waals surface area (Å²) in [5, 5.41) is 29.1. The molecule has 0 radical (unpaired) electrons. The van der Waals surface area contributed by atoms with Gasteiger partial charge in [-0.05, 0) is 17.7 Å². The summed E-state index contributed by atoms with van der Waals surface area (Å²) in [5.41, 5.74) is 12.4. The maximum atomic E-state index is 12.1. The predicted molar refractivity (Wildman–Crippen MR) is 85.8 cm³/mol. The molecule has 1 aromatic carbocycles. The van der Waals surface area contributed by atoms with Crippen molar-refractivity contribution in [3.63, 3.8) is 0 Å². The van der Waals surface area contributed by atoms with Crippen LogP contribution in [0.1, 0.15) is 6.23 Å². The number of hydrogen-bond donors (Lipinski definition) is 5. The fourth-order valence-electron chi connectivity index (χ4n) is 2.66. The average molecular weight is 334 g/mol. The Morgan fingerprint density at radius 1 is 1.17 bits per heavy atom. The number of anilines is 2. The maximum Gasteiger partial charge on any atom is 0.351 e. The Labute approximate surface area is 136 Å². The molecule has 0 saturated carbocycles. The van der Waals surface area contributed by atoms with Crippen molar-refractivity contribution in [3.05, 3.63) is 40.9 Å². The molecular weight excluding hydrogens is 316 g/mol. The van der Waals surface area contributed by atoms with Crippen molar-refractivity contribution in [1.82, 2.24) is 9.55 Å². The molecule has 3 rings (SSSR count). The third kappa shape index (κ3) is 2.74. The standard InChI is InChI=1S/C15H18N4O5/c16-8-3-1-7(2-4-8)9-5-19(15(23)18-13(9)17)14-12(22)11(21)10(6-20)24-14/h1-5,10-12,14,20-22H,6,16H2,(H2,17,18,23)/t10-,11-,12-,14-/m1/s1. The van der Waals surface area contributed by atoms with Gasteiger partial charge < -0.3 is 31.5 Å². The summed E-state index contributed by atoms with van der Waals surface area (Å²) >= 11 is 0. The number of aromatic nitrogens is 2. The topological polar surface area (TPSA) is 157 Å². The lowest BCUT2D eigenvalue weighted by Gasteiger charge is -2.18. The van der Waals surface area contributed by atoms with Gasteiger partial charge in [0.1, 0.15) is 24.1 Å². The van der Waals surface area contributed by atoms with Gasteiger partial charge in [0, 0.05) is 17.4 Å². The monoisotopic (exact) mass is 334 g/mol. The molecule has 0 unspecified atom stereocenters. The molecule has 0 aliphatic carbocycles. The van der Waals surface area contributed by atoms with Gasteiger partial charge in [0.15, 0.2) is 6.23 Å².